The molecule has 0 unspecified atom stereocenters. The lowest BCUT2D eigenvalue weighted by Crippen LogP contribution is -2.40. The van der Waals surface area contributed by atoms with E-state index in [-0.39, 0.29) is 17.9 Å². The van der Waals surface area contributed by atoms with Crippen LogP contribution in [0.4, 0.5) is 0 Å². The van der Waals surface area contributed by atoms with Crippen LogP contribution in [-0.4, -0.2) is 12.5 Å². The van der Waals surface area contributed by atoms with E-state index >= 15 is 0 Å². The van der Waals surface area contributed by atoms with Crippen LogP contribution in [0.3, 0.4) is 0 Å². The summed E-state index contributed by atoms with van der Waals surface area (Å²) in [7, 11) is 0. The summed E-state index contributed by atoms with van der Waals surface area (Å²) in [5.74, 6) is 0.457. The van der Waals surface area contributed by atoms with Crippen LogP contribution >= 0.6 is 11.6 Å². The molecule has 0 atom stereocenters. The second-order valence-corrected chi connectivity index (χ2v) is 6.12. The first kappa shape index (κ1) is 17.6. The summed E-state index contributed by atoms with van der Waals surface area (Å²) < 4.78 is 5.22. The maximum absolute atomic E-state index is 12.3. The van der Waals surface area contributed by atoms with Crippen LogP contribution in [0, 0.1) is 0 Å². The molecule has 2 aromatic rings. The van der Waals surface area contributed by atoms with Gasteiger partial charge in [0, 0.05) is 17.0 Å². The molecule has 124 valence electrons. The Balaban J connectivity index is 2.12. The summed E-state index contributed by atoms with van der Waals surface area (Å²) in [6.45, 7) is 5.11. The first-order valence-electron chi connectivity index (χ1n) is 7.86. The molecule has 2 rings (SSSR count). The van der Waals surface area contributed by atoms with Crippen molar-refractivity contribution in [3.05, 3.63) is 58.5 Å². The zero-order valence-electron chi connectivity index (χ0n) is 13.6. The number of carbonyl (C=O) groups excluding carboxylic acids is 1. The van der Waals surface area contributed by atoms with Gasteiger partial charge in [0.25, 0.3) is 5.91 Å². The van der Waals surface area contributed by atoms with E-state index < -0.39 is 0 Å². The highest BCUT2D eigenvalue weighted by Gasteiger charge is 2.29. The Labute approximate surface area is 142 Å². The zero-order valence-corrected chi connectivity index (χ0v) is 14.3. The van der Waals surface area contributed by atoms with Gasteiger partial charge in [-0.3, -0.25) is 4.79 Å². The van der Waals surface area contributed by atoms with Crippen LogP contribution in [0.2, 0.25) is 5.02 Å². The number of hydrogen-bond donors (Lipinski definition) is 2. The Kier molecular flexibility index (Phi) is 5.85. The Bertz CT molecular complexity index is 645. The third-order valence-corrected chi connectivity index (χ3v) is 4.77. The number of nitrogens with one attached hydrogen (secondary N) is 1. The van der Waals surface area contributed by atoms with Gasteiger partial charge < -0.3 is 15.5 Å². The van der Waals surface area contributed by atoms with Gasteiger partial charge in [0.2, 0.25) is 0 Å². The van der Waals surface area contributed by atoms with E-state index in [1.807, 2.05) is 24.3 Å². The number of rotatable bonds is 7. The third-order valence-electron chi connectivity index (χ3n) is 4.51. The topological polar surface area (TPSA) is 68.3 Å². The molecule has 1 heterocycles. The standard InChI is InChI=1S/C18H23ClN2O2/c1-3-18(4-2,14-5-7-15(19)8-6-14)12-21-17(22)13-9-16(10-20)23-11-13/h5-9,11H,3-4,10,12,20H2,1-2H3,(H,21,22). The third kappa shape index (κ3) is 3.95. The summed E-state index contributed by atoms with van der Waals surface area (Å²) in [5, 5.41) is 3.73. The van der Waals surface area contributed by atoms with E-state index in [1.54, 1.807) is 6.07 Å². The van der Waals surface area contributed by atoms with Crippen molar-refractivity contribution in [2.45, 2.75) is 38.6 Å². The Morgan fingerprint density at radius 2 is 1.91 bits per heavy atom. The molecule has 0 aliphatic rings. The quantitative estimate of drug-likeness (QED) is 0.807. The highest BCUT2D eigenvalue weighted by molar-refractivity contribution is 6.30. The molecule has 1 amide bonds. The molecular weight excluding hydrogens is 312 g/mol. The lowest BCUT2D eigenvalue weighted by atomic mass is 9.76. The van der Waals surface area contributed by atoms with Gasteiger partial charge in [-0.15, -0.1) is 0 Å². The molecule has 0 fully saturated rings. The molecule has 1 aromatic heterocycles. The average Bonchev–Trinajstić information content (AvgIpc) is 3.06. The number of benzene rings is 1. The van der Waals surface area contributed by atoms with E-state index in [2.05, 4.69) is 19.2 Å². The molecule has 0 radical (unpaired) electrons. The smallest absolute Gasteiger partial charge is 0.254 e. The number of carbonyl (C=O) groups is 1. The maximum Gasteiger partial charge on any atom is 0.254 e. The van der Waals surface area contributed by atoms with Crippen LogP contribution < -0.4 is 11.1 Å². The van der Waals surface area contributed by atoms with Gasteiger partial charge in [-0.25, -0.2) is 0 Å². The monoisotopic (exact) mass is 334 g/mol. The molecule has 0 aliphatic carbocycles. The molecule has 0 aliphatic heterocycles. The first-order chi connectivity index (χ1) is 11.0. The predicted octanol–water partition coefficient (Wildman–Crippen LogP) is 3.88. The molecule has 5 heteroatoms. The zero-order chi connectivity index (χ0) is 16.9. The molecule has 23 heavy (non-hydrogen) atoms. The largest absolute Gasteiger partial charge is 0.467 e. The minimum Gasteiger partial charge on any atom is -0.467 e. The van der Waals surface area contributed by atoms with Crippen LogP contribution in [0.25, 0.3) is 0 Å². The van der Waals surface area contributed by atoms with Crippen molar-refractivity contribution in [1.29, 1.82) is 0 Å². The highest BCUT2D eigenvalue weighted by Crippen LogP contribution is 2.32. The van der Waals surface area contributed by atoms with Gasteiger partial charge >= 0.3 is 0 Å². The predicted molar refractivity (Wildman–Crippen MR) is 92.6 cm³/mol. The second-order valence-electron chi connectivity index (χ2n) is 5.68. The fourth-order valence-corrected chi connectivity index (χ4v) is 2.90. The number of hydrogen-bond acceptors (Lipinski definition) is 3. The van der Waals surface area contributed by atoms with Crippen molar-refractivity contribution in [3.8, 4) is 0 Å². The molecule has 4 nitrogen and oxygen atoms in total. The maximum atomic E-state index is 12.3. The van der Waals surface area contributed by atoms with Crippen molar-refractivity contribution in [2.24, 2.45) is 5.73 Å². The number of halogens is 1. The van der Waals surface area contributed by atoms with Crippen molar-refractivity contribution in [2.75, 3.05) is 6.54 Å². The van der Waals surface area contributed by atoms with Crippen LogP contribution in [0.15, 0.2) is 41.0 Å². The normalized spacial score (nSPS) is 11.5. The van der Waals surface area contributed by atoms with Crippen molar-refractivity contribution in [3.63, 3.8) is 0 Å². The number of nitrogens with two attached hydrogens (primary N) is 1. The van der Waals surface area contributed by atoms with E-state index in [4.69, 9.17) is 21.8 Å². The first-order valence-corrected chi connectivity index (χ1v) is 8.24. The Morgan fingerprint density at radius 1 is 1.26 bits per heavy atom. The fraction of sp³-hybridized carbons (Fsp3) is 0.389. The SMILES string of the molecule is CCC(CC)(CNC(=O)c1coc(CN)c1)c1ccc(Cl)cc1. The Hall–Kier alpha value is -1.78. The van der Waals surface area contributed by atoms with Gasteiger partial charge in [-0.1, -0.05) is 37.6 Å². The van der Waals surface area contributed by atoms with Crippen LogP contribution in [0.1, 0.15) is 48.4 Å². The molecule has 3 N–H and O–H groups in total. The second kappa shape index (κ2) is 7.66. The summed E-state index contributed by atoms with van der Waals surface area (Å²) in [6.07, 6.45) is 3.29. The Morgan fingerprint density at radius 3 is 2.43 bits per heavy atom. The van der Waals surface area contributed by atoms with Gasteiger partial charge in [0.15, 0.2) is 0 Å². The van der Waals surface area contributed by atoms with Gasteiger partial charge in [0.05, 0.1) is 12.1 Å². The molecule has 0 saturated carbocycles. The number of amides is 1. The molecule has 1 aromatic carbocycles. The van der Waals surface area contributed by atoms with Gasteiger partial charge in [0.1, 0.15) is 12.0 Å². The van der Waals surface area contributed by atoms with Gasteiger partial charge in [-0.05, 0) is 36.6 Å². The molecule has 0 spiro atoms. The number of furan rings is 1. The molecular formula is C18H23ClN2O2. The van der Waals surface area contributed by atoms with Crippen molar-refractivity contribution < 1.29 is 9.21 Å². The summed E-state index contributed by atoms with van der Waals surface area (Å²) in [4.78, 5) is 12.3. The average molecular weight is 335 g/mol. The van der Waals surface area contributed by atoms with E-state index in [9.17, 15) is 4.79 Å². The lowest BCUT2D eigenvalue weighted by molar-refractivity contribution is 0.0941. The van der Waals surface area contributed by atoms with E-state index in [1.165, 1.54) is 11.8 Å². The van der Waals surface area contributed by atoms with E-state index in [0.717, 1.165) is 12.8 Å². The minimum absolute atomic E-state index is 0.110. The highest BCUT2D eigenvalue weighted by atomic mass is 35.5. The summed E-state index contributed by atoms with van der Waals surface area (Å²) in [5.41, 5.74) is 7.08. The lowest BCUT2D eigenvalue weighted by Gasteiger charge is -2.32. The van der Waals surface area contributed by atoms with Crippen molar-refractivity contribution in [1.82, 2.24) is 5.32 Å². The van der Waals surface area contributed by atoms with E-state index in [0.29, 0.717) is 22.9 Å². The fourth-order valence-electron chi connectivity index (χ4n) is 2.77. The van der Waals surface area contributed by atoms with Gasteiger partial charge in [-0.2, -0.15) is 0 Å². The van der Waals surface area contributed by atoms with Crippen molar-refractivity contribution >= 4 is 17.5 Å². The van der Waals surface area contributed by atoms with Crippen LogP contribution in [0.5, 0.6) is 0 Å². The summed E-state index contributed by atoms with van der Waals surface area (Å²) in [6, 6.07) is 9.53. The summed E-state index contributed by atoms with van der Waals surface area (Å²) >= 11 is 5.98. The molecule has 0 bridgehead atoms. The minimum atomic E-state index is -0.145. The van der Waals surface area contributed by atoms with Crippen LogP contribution in [-0.2, 0) is 12.0 Å². The molecule has 0 saturated heterocycles.